The number of hydrogen-bond acceptors (Lipinski definition) is 4. The average Bonchev–Trinajstić information content (AvgIpc) is 3.07. The Kier molecular flexibility index (Phi) is 6.94. The van der Waals surface area contributed by atoms with Crippen molar-refractivity contribution < 1.29 is 19.8 Å². The molecule has 1 amide bonds. The van der Waals surface area contributed by atoms with Crippen molar-refractivity contribution in [2.24, 2.45) is 7.05 Å². The first-order valence-corrected chi connectivity index (χ1v) is 9.93. The molecular weight excluding hydrogens is 422 g/mol. The molecule has 4 N–H and O–H groups in total. The molecule has 0 spiro atoms. The van der Waals surface area contributed by atoms with Gasteiger partial charge in [-0.2, -0.15) is 0 Å². The number of carboxylic acid groups (broad SMARTS) is 1. The number of aliphatic hydroxyl groups is 1. The second-order valence-electron chi connectivity index (χ2n) is 7.24. The highest BCUT2D eigenvalue weighted by atomic mass is 35.5. The molecule has 0 radical (unpaired) electrons. The third-order valence-corrected chi connectivity index (χ3v) is 5.09. The van der Waals surface area contributed by atoms with Crippen LogP contribution in [0, 0.1) is 0 Å². The van der Waals surface area contributed by atoms with Crippen LogP contribution in [-0.2, 0) is 18.3 Å². The van der Waals surface area contributed by atoms with Crippen molar-refractivity contribution in [3.8, 4) is 11.1 Å². The third kappa shape index (κ3) is 5.84. The third-order valence-electron chi connectivity index (χ3n) is 4.85. The van der Waals surface area contributed by atoms with E-state index < -0.39 is 24.0 Å². The second-order valence-corrected chi connectivity index (χ2v) is 7.68. The van der Waals surface area contributed by atoms with E-state index in [1.165, 1.54) is 7.05 Å². The summed E-state index contributed by atoms with van der Waals surface area (Å²) < 4.78 is 1.16. The standard InChI is InChI=1S/C22H22ClN3O5/c1-26-20(28)12-18(25-26)21(29)24-17(11-19(27)22(30)31)9-13-5-7-14(8-6-13)15-3-2-4-16(23)10-15/h2-8,10,12,17,19,25,27H,9,11H2,1H3,(H,24,29)(H,30,31)/t17-,19?/m1/s1. The van der Waals surface area contributed by atoms with E-state index in [2.05, 4.69) is 10.4 Å². The predicted octanol–water partition coefficient (Wildman–Crippen LogP) is 2.21. The Labute approximate surface area is 183 Å². The fourth-order valence-corrected chi connectivity index (χ4v) is 3.41. The van der Waals surface area contributed by atoms with E-state index in [0.717, 1.165) is 27.4 Å². The second kappa shape index (κ2) is 9.63. The van der Waals surface area contributed by atoms with Crippen LogP contribution >= 0.6 is 11.6 Å². The number of aryl methyl sites for hydroxylation is 1. The Morgan fingerprint density at radius 3 is 2.42 bits per heavy atom. The Morgan fingerprint density at radius 1 is 1.13 bits per heavy atom. The number of nitrogens with one attached hydrogen (secondary N) is 2. The summed E-state index contributed by atoms with van der Waals surface area (Å²) in [5, 5.41) is 24.8. The van der Waals surface area contributed by atoms with Gasteiger partial charge in [0.05, 0.1) is 0 Å². The summed E-state index contributed by atoms with van der Waals surface area (Å²) in [6.07, 6.45) is -1.53. The van der Waals surface area contributed by atoms with E-state index >= 15 is 0 Å². The van der Waals surface area contributed by atoms with Gasteiger partial charge in [0, 0.05) is 30.6 Å². The summed E-state index contributed by atoms with van der Waals surface area (Å²) in [4.78, 5) is 35.2. The lowest BCUT2D eigenvalue weighted by molar-refractivity contribution is -0.147. The molecule has 0 saturated heterocycles. The molecule has 162 valence electrons. The summed E-state index contributed by atoms with van der Waals surface area (Å²) in [5.41, 5.74) is 2.44. The molecule has 0 aliphatic carbocycles. The van der Waals surface area contributed by atoms with Crippen LogP contribution in [-0.4, -0.2) is 44.0 Å². The molecule has 0 bridgehead atoms. The van der Waals surface area contributed by atoms with Gasteiger partial charge in [0.1, 0.15) is 5.69 Å². The summed E-state index contributed by atoms with van der Waals surface area (Å²) in [5.74, 6) is -1.93. The Hall–Kier alpha value is -3.36. The first-order valence-electron chi connectivity index (χ1n) is 9.55. The minimum Gasteiger partial charge on any atom is -0.479 e. The topological polar surface area (TPSA) is 124 Å². The number of aromatic nitrogens is 2. The number of benzene rings is 2. The number of aliphatic carboxylic acids is 1. The molecule has 0 saturated carbocycles. The number of nitrogens with zero attached hydrogens (tertiary/aromatic N) is 1. The highest BCUT2D eigenvalue weighted by Gasteiger charge is 2.23. The largest absolute Gasteiger partial charge is 0.479 e. The molecule has 2 atom stereocenters. The van der Waals surface area contributed by atoms with Crippen molar-refractivity contribution in [2.45, 2.75) is 25.0 Å². The Morgan fingerprint density at radius 2 is 1.84 bits per heavy atom. The van der Waals surface area contributed by atoms with Gasteiger partial charge in [-0.15, -0.1) is 0 Å². The van der Waals surface area contributed by atoms with Gasteiger partial charge in [-0.1, -0.05) is 48.0 Å². The molecule has 9 heteroatoms. The van der Waals surface area contributed by atoms with Gasteiger partial charge in [-0.25, -0.2) is 4.79 Å². The summed E-state index contributed by atoms with van der Waals surface area (Å²) in [6.45, 7) is 0. The number of carbonyl (C=O) groups is 2. The first kappa shape index (κ1) is 22.3. The lowest BCUT2D eigenvalue weighted by Crippen LogP contribution is -2.40. The van der Waals surface area contributed by atoms with Gasteiger partial charge < -0.3 is 15.5 Å². The van der Waals surface area contributed by atoms with Crippen LogP contribution in [0.3, 0.4) is 0 Å². The number of carboxylic acids is 1. The first-order chi connectivity index (χ1) is 14.7. The van der Waals surface area contributed by atoms with Crippen molar-refractivity contribution in [2.75, 3.05) is 0 Å². The van der Waals surface area contributed by atoms with Gasteiger partial charge in [0.25, 0.3) is 11.5 Å². The minimum absolute atomic E-state index is 0.0543. The van der Waals surface area contributed by atoms with Crippen LogP contribution in [0.2, 0.25) is 5.02 Å². The highest BCUT2D eigenvalue weighted by molar-refractivity contribution is 6.30. The Balaban J connectivity index is 1.76. The predicted molar refractivity (Wildman–Crippen MR) is 116 cm³/mol. The normalized spacial score (nSPS) is 12.9. The van der Waals surface area contributed by atoms with Crippen LogP contribution in [0.15, 0.2) is 59.4 Å². The smallest absolute Gasteiger partial charge is 0.332 e. The number of amides is 1. The molecule has 0 aliphatic rings. The quantitative estimate of drug-likeness (QED) is 0.425. The minimum atomic E-state index is -1.63. The van der Waals surface area contributed by atoms with E-state index in [0.29, 0.717) is 11.4 Å². The number of aliphatic hydroxyl groups excluding tert-OH is 1. The van der Waals surface area contributed by atoms with Crippen molar-refractivity contribution in [3.05, 3.63) is 81.2 Å². The van der Waals surface area contributed by atoms with E-state index in [1.807, 2.05) is 42.5 Å². The van der Waals surface area contributed by atoms with Crippen molar-refractivity contribution >= 4 is 23.5 Å². The maximum atomic E-state index is 12.5. The fraction of sp³-hybridized carbons (Fsp3) is 0.227. The van der Waals surface area contributed by atoms with Crippen molar-refractivity contribution in [1.29, 1.82) is 0 Å². The molecule has 2 aromatic carbocycles. The number of H-pyrrole nitrogens is 1. The van der Waals surface area contributed by atoms with Crippen LogP contribution in [0.4, 0.5) is 0 Å². The van der Waals surface area contributed by atoms with Gasteiger partial charge in [-0.3, -0.25) is 19.4 Å². The molecular formula is C22H22ClN3O5. The monoisotopic (exact) mass is 443 g/mol. The average molecular weight is 444 g/mol. The Bertz CT molecular complexity index is 1140. The van der Waals surface area contributed by atoms with Crippen LogP contribution in [0.25, 0.3) is 11.1 Å². The SMILES string of the molecule is Cn1[nH]c(C(=O)N[C@H](Cc2ccc(-c3cccc(Cl)c3)cc2)CC(O)C(=O)O)cc1=O. The molecule has 1 unspecified atom stereocenters. The van der Waals surface area contributed by atoms with Gasteiger partial charge in [-0.05, 0) is 35.2 Å². The van der Waals surface area contributed by atoms with Crippen LogP contribution in [0.1, 0.15) is 22.5 Å². The maximum absolute atomic E-state index is 12.5. The highest BCUT2D eigenvalue weighted by Crippen LogP contribution is 2.23. The van der Waals surface area contributed by atoms with Crippen molar-refractivity contribution in [3.63, 3.8) is 0 Å². The number of hydrogen-bond donors (Lipinski definition) is 4. The fourth-order valence-electron chi connectivity index (χ4n) is 3.22. The number of halogens is 1. The lowest BCUT2D eigenvalue weighted by atomic mass is 9.97. The van der Waals surface area contributed by atoms with Gasteiger partial charge in [0.15, 0.2) is 6.10 Å². The molecule has 31 heavy (non-hydrogen) atoms. The van der Waals surface area contributed by atoms with E-state index in [4.69, 9.17) is 16.7 Å². The summed E-state index contributed by atoms with van der Waals surface area (Å²) in [6, 6.07) is 15.5. The van der Waals surface area contributed by atoms with Crippen LogP contribution in [0.5, 0.6) is 0 Å². The van der Waals surface area contributed by atoms with Gasteiger partial charge in [0.2, 0.25) is 0 Å². The zero-order chi connectivity index (χ0) is 22.5. The molecule has 8 nitrogen and oxygen atoms in total. The molecule has 1 heterocycles. The molecule has 0 fully saturated rings. The number of rotatable bonds is 8. The lowest BCUT2D eigenvalue weighted by Gasteiger charge is -2.20. The van der Waals surface area contributed by atoms with Gasteiger partial charge >= 0.3 is 5.97 Å². The summed E-state index contributed by atoms with van der Waals surface area (Å²) >= 11 is 6.04. The molecule has 0 aliphatic heterocycles. The molecule has 3 rings (SSSR count). The molecule has 1 aromatic heterocycles. The van der Waals surface area contributed by atoms with Crippen molar-refractivity contribution in [1.82, 2.24) is 15.1 Å². The van der Waals surface area contributed by atoms with E-state index in [1.54, 1.807) is 6.07 Å². The molecule has 3 aromatic rings. The maximum Gasteiger partial charge on any atom is 0.332 e. The van der Waals surface area contributed by atoms with E-state index in [9.17, 15) is 19.5 Å². The zero-order valence-electron chi connectivity index (χ0n) is 16.7. The number of aromatic amines is 1. The zero-order valence-corrected chi connectivity index (χ0v) is 17.5. The van der Waals surface area contributed by atoms with Crippen LogP contribution < -0.4 is 10.9 Å². The summed E-state index contributed by atoms with van der Waals surface area (Å²) in [7, 11) is 1.48. The van der Waals surface area contributed by atoms with E-state index in [-0.39, 0.29) is 17.7 Å². The number of carbonyl (C=O) groups excluding carboxylic acids is 1.